The quantitative estimate of drug-likeness (QED) is 0.656. The predicted molar refractivity (Wildman–Crippen MR) is 58.0 cm³/mol. The summed E-state index contributed by atoms with van der Waals surface area (Å²) in [6.45, 7) is 5.29. The highest BCUT2D eigenvalue weighted by Gasteiger charge is 2.16. The van der Waals surface area contributed by atoms with Crippen LogP contribution < -0.4 is 10.5 Å². The van der Waals surface area contributed by atoms with Gasteiger partial charge in [0.05, 0.1) is 10.2 Å². The summed E-state index contributed by atoms with van der Waals surface area (Å²) in [5, 5.41) is -0.425. The first-order chi connectivity index (χ1) is 5.77. The van der Waals surface area contributed by atoms with Gasteiger partial charge in [0, 0.05) is 12.5 Å². The highest BCUT2D eigenvalue weighted by atomic mass is 32.2. The summed E-state index contributed by atoms with van der Waals surface area (Å²) in [7, 11) is -3.19. The maximum absolute atomic E-state index is 11.3. The van der Waals surface area contributed by atoms with Gasteiger partial charge in [0.2, 0.25) is 10.0 Å². The van der Waals surface area contributed by atoms with Crippen LogP contribution in [0.4, 0.5) is 0 Å². The average molecular weight is 224 g/mol. The molecule has 0 aliphatic heterocycles. The molecule has 0 amide bonds. The van der Waals surface area contributed by atoms with Crippen LogP contribution in [0.3, 0.4) is 0 Å². The Labute approximate surface area is 84.9 Å². The fourth-order valence-corrected chi connectivity index (χ4v) is 1.41. The van der Waals surface area contributed by atoms with Gasteiger partial charge in [-0.05, 0) is 13.8 Å². The molecule has 0 aliphatic rings. The smallest absolute Gasteiger partial charge is 0.213 e. The lowest BCUT2D eigenvalue weighted by Gasteiger charge is -2.13. The third kappa shape index (κ3) is 4.54. The summed E-state index contributed by atoms with van der Waals surface area (Å²) < 4.78 is 25.0. The Morgan fingerprint density at radius 1 is 1.46 bits per heavy atom. The molecule has 78 valence electrons. The molecule has 0 saturated heterocycles. The molecular formula is C7H16N2O2S2. The zero-order chi connectivity index (χ0) is 10.6. The van der Waals surface area contributed by atoms with E-state index in [4.69, 9.17) is 18.0 Å². The molecule has 0 aromatic heterocycles. The number of nitrogens with one attached hydrogen (secondary N) is 1. The molecule has 6 heteroatoms. The van der Waals surface area contributed by atoms with Crippen LogP contribution in [0.25, 0.3) is 0 Å². The first-order valence-corrected chi connectivity index (χ1v) is 6.00. The van der Waals surface area contributed by atoms with Crippen LogP contribution >= 0.6 is 12.2 Å². The summed E-state index contributed by atoms with van der Waals surface area (Å²) >= 11 is 4.72. The van der Waals surface area contributed by atoms with Gasteiger partial charge in [-0.25, -0.2) is 13.1 Å². The van der Waals surface area contributed by atoms with E-state index in [9.17, 15) is 8.42 Å². The zero-order valence-electron chi connectivity index (χ0n) is 8.07. The van der Waals surface area contributed by atoms with Crippen molar-refractivity contribution in [3.05, 3.63) is 0 Å². The van der Waals surface area contributed by atoms with Crippen molar-refractivity contribution in [1.29, 1.82) is 0 Å². The van der Waals surface area contributed by atoms with Crippen LogP contribution in [0, 0.1) is 5.92 Å². The second kappa shape index (κ2) is 4.88. The van der Waals surface area contributed by atoms with E-state index >= 15 is 0 Å². The van der Waals surface area contributed by atoms with E-state index in [0.717, 1.165) is 0 Å². The summed E-state index contributed by atoms with van der Waals surface area (Å²) in [6.07, 6.45) is 0. The molecule has 1 atom stereocenters. The first kappa shape index (κ1) is 12.8. The van der Waals surface area contributed by atoms with Gasteiger partial charge in [-0.15, -0.1) is 0 Å². The minimum atomic E-state index is -3.19. The van der Waals surface area contributed by atoms with Crippen LogP contribution in [-0.2, 0) is 10.0 Å². The van der Waals surface area contributed by atoms with E-state index in [1.54, 1.807) is 20.8 Å². The van der Waals surface area contributed by atoms with Crippen LogP contribution in [0.15, 0.2) is 0 Å². The average Bonchev–Trinajstić information content (AvgIpc) is 1.99. The number of hydrogen-bond donors (Lipinski definition) is 2. The topological polar surface area (TPSA) is 72.2 Å². The zero-order valence-corrected chi connectivity index (χ0v) is 9.71. The molecule has 4 nitrogen and oxygen atoms in total. The molecule has 0 rings (SSSR count). The molecule has 0 aromatic carbocycles. The van der Waals surface area contributed by atoms with E-state index in [0.29, 0.717) is 4.99 Å². The predicted octanol–water partition coefficient (Wildman–Crippen LogP) is 0.236. The van der Waals surface area contributed by atoms with Crippen molar-refractivity contribution < 1.29 is 8.42 Å². The Bertz CT molecular complexity index is 272. The van der Waals surface area contributed by atoms with Crippen molar-refractivity contribution in [3.63, 3.8) is 0 Å². The molecule has 0 radical (unpaired) electrons. The van der Waals surface area contributed by atoms with Crippen molar-refractivity contribution in [2.75, 3.05) is 6.54 Å². The van der Waals surface area contributed by atoms with Crippen molar-refractivity contribution >= 4 is 27.2 Å². The number of thiocarbonyl (C=S) groups is 1. The fraction of sp³-hybridized carbons (Fsp3) is 0.857. The van der Waals surface area contributed by atoms with E-state index in [2.05, 4.69) is 4.72 Å². The molecule has 0 saturated carbocycles. The molecular weight excluding hydrogens is 208 g/mol. The highest BCUT2D eigenvalue weighted by molar-refractivity contribution is 7.90. The van der Waals surface area contributed by atoms with Gasteiger partial charge in [-0.1, -0.05) is 19.1 Å². The Balaban J connectivity index is 4.11. The Kier molecular flexibility index (Phi) is 4.80. The van der Waals surface area contributed by atoms with Crippen molar-refractivity contribution in [1.82, 2.24) is 4.72 Å². The molecule has 1 unspecified atom stereocenters. The summed E-state index contributed by atoms with van der Waals surface area (Å²) in [5.41, 5.74) is 5.34. The van der Waals surface area contributed by atoms with Gasteiger partial charge in [0.25, 0.3) is 0 Å². The fourth-order valence-electron chi connectivity index (χ4n) is 0.508. The molecule has 0 aromatic rings. The lowest BCUT2D eigenvalue weighted by molar-refractivity contribution is 0.566. The summed E-state index contributed by atoms with van der Waals surface area (Å²) in [6, 6.07) is 0. The Morgan fingerprint density at radius 2 is 1.92 bits per heavy atom. The van der Waals surface area contributed by atoms with Gasteiger partial charge < -0.3 is 5.73 Å². The Morgan fingerprint density at radius 3 is 2.23 bits per heavy atom. The summed E-state index contributed by atoms with van der Waals surface area (Å²) in [4.78, 5) is 0.325. The second-order valence-electron chi connectivity index (χ2n) is 3.25. The van der Waals surface area contributed by atoms with Gasteiger partial charge in [0.15, 0.2) is 0 Å². The number of nitrogens with two attached hydrogens (primary N) is 1. The third-order valence-corrected chi connectivity index (χ3v) is 3.91. The van der Waals surface area contributed by atoms with Crippen LogP contribution in [0.2, 0.25) is 0 Å². The standard InChI is InChI=1S/C7H16N2O2S2/c1-5(2)13(10,11)9-4-6(3)7(8)12/h5-6,9H,4H2,1-3H3,(H2,8,12). The normalized spacial score (nSPS) is 14.5. The van der Waals surface area contributed by atoms with Gasteiger partial charge >= 0.3 is 0 Å². The molecule has 0 bridgehead atoms. The minimum absolute atomic E-state index is 0.108. The van der Waals surface area contributed by atoms with E-state index < -0.39 is 15.3 Å². The first-order valence-electron chi connectivity index (χ1n) is 4.05. The molecule has 3 N–H and O–H groups in total. The molecule has 0 fully saturated rings. The van der Waals surface area contributed by atoms with Gasteiger partial charge in [-0.3, -0.25) is 0 Å². The largest absolute Gasteiger partial charge is 0.393 e. The van der Waals surface area contributed by atoms with Crippen molar-refractivity contribution in [3.8, 4) is 0 Å². The van der Waals surface area contributed by atoms with Gasteiger partial charge in [0.1, 0.15) is 0 Å². The van der Waals surface area contributed by atoms with Crippen molar-refractivity contribution in [2.45, 2.75) is 26.0 Å². The van der Waals surface area contributed by atoms with E-state index in [-0.39, 0.29) is 12.5 Å². The monoisotopic (exact) mass is 224 g/mol. The molecule has 13 heavy (non-hydrogen) atoms. The van der Waals surface area contributed by atoms with E-state index in [1.807, 2.05) is 0 Å². The molecule has 0 spiro atoms. The summed E-state index contributed by atoms with van der Waals surface area (Å²) in [5.74, 6) is -0.108. The molecule has 0 aliphatic carbocycles. The second-order valence-corrected chi connectivity index (χ2v) is 6.04. The van der Waals surface area contributed by atoms with Gasteiger partial charge in [-0.2, -0.15) is 0 Å². The SMILES string of the molecule is CC(CNS(=O)(=O)C(C)C)C(N)=S. The number of hydrogen-bond acceptors (Lipinski definition) is 3. The number of sulfonamides is 1. The number of rotatable bonds is 5. The van der Waals surface area contributed by atoms with Crippen molar-refractivity contribution in [2.24, 2.45) is 11.7 Å². The lowest BCUT2D eigenvalue weighted by atomic mass is 10.2. The van der Waals surface area contributed by atoms with Crippen LogP contribution in [0.1, 0.15) is 20.8 Å². The maximum Gasteiger partial charge on any atom is 0.213 e. The maximum atomic E-state index is 11.3. The minimum Gasteiger partial charge on any atom is -0.393 e. The van der Waals surface area contributed by atoms with Crippen LogP contribution in [-0.4, -0.2) is 25.2 Å². The Hall–Kier alpha value is -0.200. The van der Waals surface area contributed by atoms with Crippen LogP contribution in [0.5, 0.6) is 0 Å². The lowest BCUT2D eigenvalue weighted by Crippen LogP contribution is -2.37. The third-order valence-electron chi connectivity index (χ3n) is 1.70. The highest BCUT2D eigenvalue weighted by Crippen LogP contribution is 1.99. The molecule has 0 heterocycles. The van der Waals surface area contributed by atoms with E-state index in [1.165, 1.54) is 0 Å².